The Morgan fingerprint density at radius 1 is 1.00 bits per heavy atom. The van der Waals surface area contributed by atoms with Gasteiger partial charge in [-0.25, -0.2) is 0 Å². The standard InChI is InChI=1S/C25H22N4O3S/c1-17-7-10-19(11-8-17)24-27-28-25(29(24)20-5-3-2-4-6-20)33-15-23(30)26-14-18-9-12-21-22(13-18)32-16-31-21/h2-13H,14-16H2,1H3,(H,26,30). The van der Waals surface area contributed by atoms with Crippen molar-refractivity contribution in [1.82, 2.24) is 20.1 Å². The van der Waals surface area contributed by atoms with Crippen molar-refractivity contribution in [3.05, 3.63) is 83.9 Å². The highest BCUT2D eigenvalue weighted by Crippen LogP contribution is 2.32. The van der Waals surface area contributed by atoms with E-state index in [4.69, 9.17) is 9.47 Å². The predicted octanol–water partition coefficient (Wildman–Crippen LogP) is 4.38. The zero-order chi connectivity index (χ0) is 22.6. The number of rotatable bonds is 7. The van der Waals surface area contributed by atoms with Gasteiger partial charge in [0.2, 0.25) is 12.7 Å². The summed E-state index contributed by atoms with van der Waals surface area (Å²) in [6, 6.07) is 23.7. The van der Waals surface area contributed by atoms with Gasteiger partial charge in [-0.15, -0.1) is 10.2 Å². The molecule has 0 spiro atoms. The summed E-state index contributed by atoms with van der Waals surface area (Å²) in [6.45, 7) is 2.69. The van der Waals surface area contributed by atoms with E-state index in [2.05, 4.69) is 34.6 Å². The lowest BCUT2D eigenvalue weighted by molar-refractivity contribution is -0.118. The molecule has 4 aromatic rings. The largest absolute Gasteiger partial charge is 0.454 e. The average molecular weight is 459 g/mol. The van der Waals surface area contributed by atoms with Gasteiger partial charge in [-0.1, -0.05) is 65.9 Å². The van der Waals surface area contributed by atoms with Crippen LogP contribution in [0.25, 0.3) is 17.1 Å². The SMILES string of the molecule is Cc1ccc(-c2nnc(SCC(=O)NCc3ccc4c(c3)OCO4)n2-c2ccccc2)cc1. The number of hydrogen-bond acceptors (Lipinski definition) is 6. The van der Waals surface area contributed by atoms with Gasteiger partial charge in [0.1, 0.15) is 0 Å². The topological polar surface area (TPSA) is 78.3 Å². The number of aromatic nitrogens is 3. The van der Waals surface area contributed by atoms with E-state index in [-0.39, 0.29) is 18.5 Å². The number of hydrogen-bond donors (Lipinski definition) is 1. The molecular weight excluding hydrogens is 436 g/mol. The molecule has 8 heteroatoms. The van der Waals surface area contributed by atoms with Gasteiger partial charge in [0.15, 0.2) is 22.5 Å². The first-order valence-electron chi connectivity index (χ1n) is 10.5. The van der Waals surface area contributed by atoms with Crippen LogP contribution in [-0.2, 0) is 11.3 Å². The Balaban J connectivity index is 1.30. The normalized spacial score (nSPS) is 12.0. The van der Waals surface area contributed by atoms with Crippen molar-refractivity contribution in [2.75, 3.05) is 12.5 Å². The molecule has 0 atom stereocenters. The maximum Gasteiger partial charge on any atom is 0.231 e. The van der Waals surface area contributed by atoms with Crippen LogP contribution in [-0.4, -0.2) is 33.2 Å². The second kappa shape index (κ2) is 9.38. The summed E-state index contributed by atoms with van der Waals surface area (Å²) < 4.78 is 12.7. The van der Waals surface area contributed by atoms with Gasteiger partial charge < -0.3 is 14.8 Å². The molecule has 0 fully saturated rings. The van der Waals surface area contributed by atoms with E-state index in [9.17, 15) is 4.79 Å². The fraction of sp³-hybridized carbons (Fsp3) is 0.160. The molecule has 5 rings (SSSR count). The van der Waals surface area contributed by atoms with E-state index in [1.54, 1.807) is 0 Å². The highest BCUT2D eigenvalue weighted by Gasteiger charge is 2.18. The number of carbonyl (C=O) groups excluding carboxylic acids is 1. The number of ether oxygens (including phenoxy) is 2. The van der Waals surface area contributed by atoms with Gasteiger partial charge in [-0.05, 0) is 36.8 Å². The summed E-state index contributed by atoms with van der Waals surface area (Å²) in [5.74, 6) is 2.31. The van der Waals surface area contributed by atoms with Gasteiger partial charge in [0.05, 0.1) is 5.75 Å². The molecule has 0 saturated heterocycles. The Kier molecular flexibility index (Phi) is 5.99. The van der Waals surface area contributed by atoms with Crippen LogP contribution in [0.15, 0.2) is 78.0 Å². The molecule has 3 aromatic carbocycles. The number of benzene rings is 3. The predicted molar refractivity (Wildman–Crippen MR) is 127 cm³/mol. The van der Waals surface area contributed by atoms with Crippen LogP contribution in [0.1, 0.15) is 11.1 Å². The van der Waals surface area contributed by atoms with Gasteiger partial charge in [-0.3, -0.25) is 9.36 Å². The van der Waals surface area contributed by atoms with E-state index < -0.39 is 0 Å². The molecule has 1 aliphatic heterocycles. The lowest BCUT2D eigenvalue weighted by Gasteiger charge is -2.11. The van der Waals surface area contributed by atoms with Crippen LogP contribution >= 0.6 is 11.8 Å². The monoisotopic (exact) mass is 458 g/mol. The van der Waals surface area contributed by atoms with E-state index in [0.717, 1.165) is 28.4 Å². The van der Waals surface area contributed by atoms with Gasteiger partial charge >= 0.3 is 0 Å². The Labute approximate surface area is 195 Å². The molecular formula is C25H22N4O3S. The minimum absolute atomic E-state index is 0.0860. The highest BCUT2D eigenvalue weighted by molar-refractivity contribution is 7.99. The number of thioether (sulfide) groups is 1. The second-order valence-electron chi connectivity index (χ2n) is 7.60. The van der Waals surface area contributed by atoms with Gasteiger partial charge in [0.25, 0.3) is 0 Å². The lowest BCUT2D eigenvalue weighted by Crippen LogP contribution is -2.24. The molecule has 7 nitrogen and oxygen atoms in total. The number of aryl methyl sites for hydroxylation is 1. The average Bonchev–Trinajstić information content (AvgIpc) is 3.49. The third kappa shape index (κ3) is 4.70. The van der Waals surface area contributed by atoms with Gasteiger partial charge in [0, 0.05) is 17.8 Å². The van der Waals surface area contributed by atoms with E-state index in [0.29, 0.717) is 17.5 Å². The first-order chi connectivity index (χ1) is 16.2. The summed E-state index contributed by atoms with van der Waals surface area (Å²) in [7, 11) is 0. The third-order valence-electron chi connectivity index (χ3n) is 5.22. The van der Waals surface area contributed by atoms with Crippen molar-refractivity contribution in [2.24, 2.45) is 0 Å². The van der Waals surface area contributed by atoms with Crippen LogP contribution in [0.4, 0.5) is 0 Å². The highest BCUT2D eigenvalue weighted by atomic mass is 32.2. The van der Waals surface area contributed by atoms with Crippen LogP contribution in [0, 0.1) is 6.92 Å². The Hall–Kier alpha value is -3.78. The fourth-order valence-corrected chi connectivity index (χ4v) is 4.28. The fourth-order valence-electron chi connectivity index (χ4n) is 3.50. The van der Waals surface area contributed by atoms with Crippen molar-refractivity contribution in [3.8, 4) is 28.6 Å². The van der Waals surface area contributed by atoms with Crippen molar-refractivity contribution in [1.29, 1.82) is 0 Å². The molecule has 2 heterocycles. The quantitative estimate of drug-likeness (QED) is 0.414. The zero-order valence-corrected chi connectivity index (χ0v) is 18.8. The van der Waals surface area contributed by atoms with Crippen LogP contribution in [0.2, 0.25) is 0 Å². The van der Waals surface area contributed by atoms with Crippen molar-refractivity contribution in [2.45, 2.75) is 18.6 Å². The van der Waals surface area contributed by atoms with Gasteiger partial charge in [-0.2, -0.15) is 0 Å². The van der Waals surface area contributed by atoms with Crippen molar-refractivity contribution in [3.63, 3.8) is 0 Å². The van der Waals surface area contributed by atoms with Crippen LogP contribution in [0.5, 0.6) is 11.5 Å². The number of nitrogens with zero attached hydrogens (tertiary/aromatic N) is 3. The summed E-state index contributed by atoms with van der Waals surface area (Å²) in [4.78, 5) is 12.5. The zero-order valence-electron chi connectivity index (χ0n) is 18.0. The maximum atomic E-state index is 12.5. The second-order valence-corrected chi connectivity index (χ2v) is 8.54. The number of nitrogens with one attached hydrogen (secondary N) is 1. The smallest absolute Gasteiger partial charge is 0.231 e. The van der Waals surface area contributed by atoms with Crippen LogP contribution in [0.3, 0.4) is 0 Å². The molecule has 1 aliphatic rings. The lowest BCUT2D eigenvalue weighted by atomic mass is 10.1. The number of carbonyl (C=O) groups is 1. The Bertz CT molecular complexity index is 1270. The van der Waals surface area contributed by atoms with E-state index in [1.807, 2.05) is 65.2 Å². The molecule has 33 heavy (non-hydrogen) atoms. The maximum absolute atomic E-state index is 12.5. The minimum atomic E-state index is -0.0860. The first-order valence-corrected chi connectivity index (χ1v) is 11.5. The summed E-state index contributed by atoms with van der Waals surface area (Å²) in [5, 5.41) is 12.4. The van der Waals surface area contributed by atoms with E-state index in [1.165, 1.54) is 17.3 Å². The molecule has 1 aromatic heterocycles. The number of fused-ring (bicyclic) bond motifs is 1. The van der Waals surface area contributed by atoms with E-state index >= 15 is 0 Å². The molecule has 0 bridgehead atoms. The molecule has 0 saturated carbocycles. The Morgan fingerprint density at radius 3 is 2.61 bits per heavy atom. The molecule has 0 aliphatic carbocycles. The molecule has 0 unspecified atom stereocenters. The molecule has 1 N–H and O–H groups in total. The van der Waals surface area contributed by atoms with Crippen LogP contribution < -0.4 is 14.8 Å². The van der Waals surface area contributed by atoms with Crippen molar-refractivity contribution < 1.29 is 14.3 Å². The number of amides is 1. The summed E-state index contributed by atoms with van der Waals surface area (Å²) in [6.07, 6.45) is 0. The molecule has 166 valence electrons. The Morgan fingerprint density at radius 2 is 1.79 bits per heavy atom. The third-order valence-corrected chi connectivity index (χ3v) is 6.15. The minimum Gasteiger partial charge on any atom is -0.454 e. The molecule has 0 radical (unpaired) electrons. The molecule has 1 amide bonds. The first kappa shape index (κ1) is 21.1. The number of para-hydroxylation sites is 1. The van der Waals surface area contributed by atoms with Crippen molar-refractivity contribution >= 4 is 17.7 Å². The summed E-state index contributed by atoms with van der Waals surface area (Å²) >= 11 is 1.36. The summed E-state index contributed by atoms with van der Waals surface area (Å²) in [5.41, 5.74) is 4.04.